The molecule has 162 valence electrons. The maximum absolute atomic E-state index is 13.1. The fourth-order valence-electron chi connectivity index (χ4n) is 4.35. The normalized spacial score (nSPS) is 19.5. The molecule has 1 saturated carbocycles. The summed E-state index contributed by atoms with van der Waals surface area (Å²) in [5.74, 6) is 0.553. The average Bonchev–Trinajstić information content (AvgIpc) is 3.46. The van der Waals surface area contributed by atoms with Crippen LogP contribution in [0.4, 0.5) is 18.9 Å². The van der Waals surface area contributed by atoms with Crippen molar-refractivity contribution in [1.82, 2.24) is 4.90 Å². The SMILES string of the molecule is CC(C)CC(N)CC(=O)N1CCC(N(c2cccc(C(F)(F)F)c2)C2CC2)CC1. The summed E-state index contributed by atoms with van der Waals surface area (Å²) >= 11 is 0. The van der Waals surface area contributed by atoms with Crippen LogP contribution in [0.5, 0.6) is 0 Å². The van der Waals surface area contributed by atoms with E-state index < -0.39 is 11.7 Å². The largest absolute Gasteiger partial charge is 0.416 e. The number of anilines is 1. The number of hydrogen-bond donors (Lipinski definition) is 1. The number of alkyl halides is 3. The van der Waals surface area contributed by atoms with Crippen LogP contribution in [0.1, 0.15) is 57.9 Å². The average molecular weight is 412 g/mol. The molecule has 0 aromatic heterocycles. The molecule has 2 N–H and O–H groups in total. The second-order valence-electron chi connectivity index (χ2n) is 8.89. The first-order valence-corrected chi connectivity index (χ1v) is 10.6. The van der Waals surface area contributed by atoms with Crippen LogP contribution in [0.15, 0.2) is 24.3 Å². The molecule has 1 heterocycles. The molecule has 1 aliphatic carbocycles. The Morgan fingerprint density at radius 3 is 2.34 bits per heavy atom. The van der Waals surface area contributed by atoms with E-state index in [-0.39, 0.29) is 18.0 Å². The molecule has 1 saturated heterocycles. The van der Waals surface area contributed by atoms with Crippen molar-refractivity contribution in [2.75, 3.05) is 18.0 Å². The summed E-state index contributed by atoms with van der Waals surface area (Å²) < 4.78 is 39.4. The lowest BCUT2D eigenvalue weighted by Gasteiger charge is -2.40. The number of carbonyl (C=O) groups is 1. The molecule has 1 unspecified atom stereocenters. The number of hydrogen-bond acceptors (Lipinski definition) is 3. The van der Waals surface area contributed by atoms with E-state index in [1.165, 1.54) is 12.1 Å². The summed E-state index contributed by atoms with van der Waals surface area (Å²) in [5, 5.41) is 0. The van der Waals surface area contributed by atoms with E-state index in [1.54, 1.807) is 6.07 Å². The third-order valence-corrected chi connectivity index (χ3v) is 5.83. The van der Waals surface area contributed by atoms with Gasteiger partial charge in [0, 0.05) is 43.3 Å². The number of amides is 1. The van der Waals surface area contributed by atoms with E-state index >= 15 is 0 Å². The highest BCUT2D eigenvalue weighted by atomic mass is 19.4. The second-order valence-corrected chi connectivity index (χ2v) is 8.89. The zero-order valence-electron chi connectivity index (χ0n) is 17.3. The summed E-state index contributed by atoms with van der Waals surface area (Å²) in [5.41, 5.74) is 6.12. The van der Waals surface area contributed by atoms with Gasteiger partial charge in [0.15, 0.2) is 0 Å². The summed E-state index contributed by atoms with van der Waals surface area (Å²) in [4.78, 5) is 16.6. The van der Waals surface area contributed by atoms with Gasteiger partial charge in [-0.25, -0.2) is 0 Å². The number of piperidine rings is 1. The van der Waals surface area contributed by atoms with Gasteiger partial charge in [-0.05, 0) is 56.2 Å². The molecular weight excluding hydrogens is 379 g/mol. The molecule has 1 atom stereocenters. The highest BCUT2D eigenvalue weighted by molar-refractivity contribution is 5.77. The van der Waals surface area contributed by atoms with Gasteiger partial charge in [-0.2, -0.15) is 13.2 Å². The molecule has 7 heteroatoms. The molecule has 1 aromatic carbocycles. The first-order valence-electron chi connectivity index (χ1n) is 10.6. The summed E-state index contributed by atoms with van der Waals surface area (Å²) in [7, 11) is 0. The van der Waals surface area contributed by atoms with Crippen molar-refractivity contribution in [2.24, 2.45) is 11.7 Å². The fraction of sp³-hybridized carbons (Fsp3) is 0.682. The Hall–Kier alpha value is -1.76. The van der Waals surface area contributed by atoms with E-state index in [4.69, 9.17) is 5.73 Å². The fourth-order valence-corrected chi connectivity index (χ4v) is 4.35. The lowest BCUT2D eigenvalue weighted by molar-refractivity contribution is -0.137. The Morgan fingerprint density at radius 2 is 1.79 bits per heavy atom. The van der Waals surface area contributed by atoms with Crippen molar-refractivity contribution in [3.63, 3.8) is 0 Å². The number of carbonyl (C=O) groups excluding carboxylic acids is 1. The first-order chi connectivity index (χ1) is 13.6. The Balaban J connectivity index is 1.62. The van der Waals surface area contributed by atoms with Crippen LogP contribution in [0.2, 0.25) is 0 Å². The van der Waals surface area contributed by atoms with E-state index in [0.29, 0.717) is 37.2 Å². The first kappa shape index (κ1) is 21.9. The molecule has 0 bridgehead atoms. The molecule has 2 fully saturated rings. The molecule has 0 spiro atoms. The van der Waals surface area contributed by atoms with E-state index in [0.717, 1.165) is 38.2 Å². The van der Waals surface area contributed by atoms with Gasteiger partial charge in [-0.15, -0.1) is 0 Å². The zero-order valence-corrected chi connectivity index (χ0v) is 17.3. The number of benzene rings is 1. The van der Waals surface area contributed by atoms with Crippen LogP contribution in [0, 0.1) is 5.92 Å². The topological polar surface area (TPSA) is 49.6 Å². The number of nitrogens with two attached hydrogens (primary N) is 1. The van der Waals surface area contributed by atoms with Gasteiger partial charge in [-0.3, -0.25) is 4.79 Å². The van der Waals surface area contributed by atoms with Crippen molar-refractivity contribution >= 4 is 11.6 Å². The third-order valence-electron chi connectivity index (χ3n) is 5.83. The Kier molecular flexibility index (Phi) is 6.76. The Labute approximate surface area is 171 Å². The van der Waals surface area contributed by atoms with E-state index in [9.17, 15) is 18.0 Å². The van der Waals surface area contributed by atoms with Gasteiger partial charge in [0.1, 0.15) is 0 Å². The van der Waals surface area contributed by atoms with Crippen molar-refractivity contribution in [3.05, 3.63) is 29.8 Å². The van der Waals surface area contributed by atoms with Gasteiger partial charge >= 0.3 is 6.18 Å². The molecule has 2 aliphatic rings. The van der Waals surface area contributed by atoms with E-state index in [2.05, 4.69) is 18.7 Å². The highest BCUT2D eigenvalue weighted by Gasteiger charge is 2.38. The third kappa shape index (κ3) is 5.87. The van der Waals surface area contributed by atoms with Crippen molar-refractivity contribution < 1.29 is 18.0 Å². The number of nitrogens with zero attached hydrogens (tertiary/aromatic N) is 2. The van der Waals surface area contributed by atoms with Crippen LogP contribution >= 0.6 is 0 Å². The molecule has 29 heavy (non-hydrogen) atoms. The second kappa shape index (κ2) is 8.94. The quantitative estimate of drug-likeness (QED) is 0.722. The van der Waals surface area contributed by atoms with Crippen LogP contribution in [-0.2, 0) is 11.0 Å². The van der Waals surface area contributed by atoms with Crippen LogP contribution in [0.25, 0.3) is 0 Å². The monoisotopic (exact) mass is 411 g/mol. The predicted molar refractivity (Wildman–Crippen MR) is 109 cm³/mol. The maximum atomic E-state index is 13.1. The van der Waals surface area contributed by atoms with Crippen molar-refractivity contribution in [3.8, 4) is 0 Å². The molecule has 1 aromatic rings. The maximum Gasteiger partial charge on any atom is 0.416 e. The number of halogens is 3. The molecule has 0 radical (unpaired) electrons. The molecule has 1 aliphatic heterocycles. The molecule has 4 nitrogen and oxygen atoms in total. The molecular formula is C22H32F3N3O. The Morgan fingerprint density at radius 1 is 1.17 bits per heavy atom. The smallest absolute Gasteiger partial charge is 0.365 e. The summed E-state index contributed by atoms with van der Waals surface area (Å²) in [6.07, 6.45) is 0.431. The van der Waals surface area contributed by atoms with Crippen LogP contribution in [-0.4, -0.2) is 42.0 Å². The lowest BCUT2D eigenvalue weighted by atomic mass is 9.98. The number of rotatable bonds is 7. The minimum atomic E-state index is -4.34. The zero-order chi connectivity index (χ0) is 21.2. The van der Waals surface area contributed by atoms with E-state index in [1.807, 2.05) is 4.90 Å². The number of likely N-dealkylation sites (tertiary alicyclic amines) is 1. The Bertz CT molecular complexity index is 695. The minimum absolute atomic E-state index is 0.0913. The van der Waals surface area contributed by atoms with Gasteiger partial charge < -0.3 is 15.5 Å². The van der Waals surface area contributed by atoms with Crippen LogP contribution < -0.4 is 10.6 Å². The standard InChI is InChI=1S/C22H32F3N3O/c1-15(2)12-17(26)14-21(29)27-10-8-19(9-11-27)28(18-6-7-18)20-5-3-4-16(13-20)22(23,24)25/h3-5,13,15,17-19H,6-12,14,26H2,1-2H3. The predicted octanol–water partition coefficient (Wildman–Crippen LogP) is 4.43. The van der Waals surface area contributed by atoms with Crippen molar-refractivity contribution in [1.29, 1.82) is 0 Å². The van der Waals surface area contributed by atoms with Gasteiger partial charge in [0.05, 0.1) is 5.56 Å². The van der Waals surface area contributed by atoms with Gasteiger partial charge in [-0.1, -0.05) is 19.9 Å². The molecule has 3 rings (SSSR count). The summed E-state index contributed by atoms with van der Waals surface area (Å²) in [6, 6.07) is 6.01. The summed E-state index contributed by atoms with van der Waals surface area (Å²) in [6.45, 7) is 5.46. The van der Waals surface area contributed by atoms with Crippen molar-refractivity contribution in [2.45, 2.75) is 76.7 Å². The van der Waals surface area contributed by atoms with Gasteiger partial charge in [0.25, 0.3) is 0 Å². The molecule has 1 amide bonds. The van der Waals surface area contributed by atoms with Gasteiger partial charge in [0.2, 0.25) is 5.91 Å². The minimum Gasteiger partial charge on any atom is -0.365 e. The highest BCUT2D eigenvalue weighted by Crippen LogP contribution is 2.39. The lowest BCUT2D eigenvalue weighted by Crippen LogP contribution is -2.48. The van der Waals surface area contributed by atoms with Crippen LogP contribution in [0.3, 0.4) is 0 Å².